The highest BCUT2D eigenvalue weighted by Gasteiger charge is 2.08. The van der Waals surface area contributed by atoms with E-state index in [4.69, 9.17) is 4.74 Å². The van der Waals surface area contributed by atoms with Gasteiger partial charge in [-0.25, -0.2) is 0 Å². The minimum atomic E-state index is -0.171. The van der Waals surface area contributed by atoms with Gasteiger partial charge in [0.25, 0.3) is 5.91 Å². The van der Waals surface area contributed by atoms with Gasteiger partial charge in [0, 0.05) is 37.5 Å². The molecule has 0 aromatic heterocycles. The fraction of sp³-hybridized carbons (Fsp3) is 0.200. The number of amides is 2. The van der Waals surface area contributed by atoms with Crippen LogP contribution in [0.2, 0.25) is 0 Å². The molecular formula is C25H27N3O3. The molecule has 3 rings (SSSR count). The third-order valence-electron chi connectivity index (χ3n) is 4.63. The summed E-state index contributed by atoms with van der Waals surface area (Å²) < 4.78 is 5.78. The molecule has 2 N–H and O–H groups in total. The molecule has 0 heterocycles. The highest BCUT2D eigenvalue weighted by Crippen LogP contribution is 2.16. The number of nitrogens with one attached hydrogen (secondary N) is 2. The zero-order valence-electron chi connectivity index (χ0n) is 17.8. The summed E-state index contributed by atoms with van der Waals surface area (Å²) in [6.07, 6.45) is 0.852. The molecule has 0 aliphatic carbocycles. The fourth-order valence-corrected chi connectivity index (χ4v) is 2.94. The fourth-order valence-electron chi connectivity index (χ4n) is 2.94. The van der Waals surface area contributed by atoms with Crippen molar-refractivity contribution in [3.05, 3.63) is 90.0 Å². The minimum absolute atomic E-state index is 0.0768. The van der Waals surface area contributed by atoms with E-state index in [0.29, 0.717) is 17.9 Å². The summed E-state index contributed by atoms with van der Waals surface area (Å²) in [5.74, 6) is 0.542. The first kappa shape index (κ1) is 21.9. The minimum Gasteiger partial charge on any atom is -0.493 e. The van der Waals surface area contributed by atoms with E-state index in [0.717, 1.165) is 17.9 Å². The van der Waals surface area contributed by atoms with Gasteiger partial charge in [0.05, 0.1) is 13.2 Å². The number of carbonyl (C=O) groups excluding carboxylic acids is 2. The van der Waals surface area contributed by atoms with Crippen LogP contribution in [-0.4, -0.2) is 44.0 Å². The summed E-state index contributed by atoms with van der Waals surface area (Å²) in [6, 6.07) is 24.6. The average molecular weight is 418 g/mol. The van der Waals surface area contributed by atoms with Gasteiger partial charge in [-0.05, 0) is 54.1 Å². The summed E-state index contributed by atoms with van der Waals surface area (Å²) in [5, 5.41) is 5.90. The summed E-state index contributed by atoms with van der Waals surface area (Å²) in [5.41, 5.74) is 3.29. The SMILES string of the molecule is CN(C)C(=O)c1ccc(NC(=O)CNc2ccc(OCCc3ccccc3)cc2)cc1. The molecule has 160 valence electrons. The van der Waals surface area contributed by atoms with Crippen LogP contribution in [0.15, 0.2) is 78.9 Å². The molecule has 0 spiro atoms. The van der Waals surface area contributed by atoms with E-state index in [9.17, 15) is 9.59 Å². The molecule has 31 heavy (non-hydrogen) atoms. The molecule has 0 aliphatic heterocycles. The molecule has 0 saturated heterocycles. The monoisotopic (exact) mass is 417 g/mol. The van der Waals surface area contributed by atoms with Gasteiger partial charge in [-0.1, -0.05) is 30.3 Å². The van der Waals surface area contributed by atoms with Crippen molar-refractivity contribution in [2.24, 2.45) is 0 Å². The van der Waals surface area contributed by atoms with Crippen molar-refractivity contribution in [1.29, 1.82) is 0 Å². The van der Waals surface area contributed by atoms with E-state index < -0.39 is 0 Å². The van der Waals surface area contributed by atoms with E-state index in [1.807, 2.05) is 42.5 Å². The van der Waals surface area contributed by atoms with Gasteiger partial charge in [0.2, 0.25) is 5.91 Å². The van der Waals surface area contributed by atoms with Crippen LogP contribution >= 0.6 is 0 Å². The normalized spacial score (nSPS) is 10.3. The molecule has 0 aliphatic rings. The molecule has 0 fully saturated rings. The summed E-state index contributed by atoms with van der Waals surface area (Å²) >= 11 is 0. The first-order valence-electron chi connectivity index (χ1n) is 10.1. The number of hydrogen-bond acceptors (Lipinski definition) is 4. The molecule has 3 aromatic rings. The average Bonchev–Trinajstić information content (AvgIpc) is 2.79. The molecule has 0 radical (unpaired) electrons. The van der Waals surface area contributed by atoms with E-state index >= 15 is 0 Å². The van der Waals surface area contributed by atoms with Crippen molar-refractivity contribution in [2.45, 2.75) is 6.42 Å². The molecule has 0 bridgehead atoms. The van der Waals surface area contributed by atoms with E-state index in [2.05, 4.69) is 22.8 Å². The number of rotatable bonds is 9. The number of nitrogens with zero attached hydrogens (tertiary/aromatic N) is 1. The van der Waals surface area contributed by atoms with E-state index in [1.54, 1.807) is 38.4 Å². The van der Waals surface area contributed by atoms with Crippen LogP contribution in [0.3, 0.4) is 0 Å². The van der Waals surface area contributed by atoms with Gasteiger partial charge in [0.1, 0.15) is 5.75 Å². The van der Waals surface area contributed by atoms with Gasteiger partial charge >= 0.3 is 0 Å². The number of benzene rings is 3. The van der Waals surface area contributed by atoms with Gasteiger partial charge in [0.15, 0.2) is 0 Å². The van der Waals surface area contributed by atoms with Gasteiger partial charge in [-0.3, -0.25) is 9.59 Å². The lowest BCUT2D eigenvalue weighted by atomic mass is 10.2. The summed E-state index contributed by atoms with van der Waals surface area (Å²) in [6.45, 7) is 0.741. The maximum atomic E-state index is 12.2. The van der Waals surface area contributed by atoms with Gasteiger partial charge < -0.3 is 20.3 Å². The molecule has 6 nitrogen and oxygen atoms in total. The molecule has 3 aromatic carbocycles. The zero-order chi connectivity index (χ0) is 22.1. The van der Waals surface area contributed by atoms with Crippen molar-refractivity contribution in [1.82, 2.24) is 4.90 Å². The lowest BCUT2D eigenvalue weighted by Gasteiger charge is -2.11. The maximum Gasteiger partial charge on any atom is 0.253 e. The van der Waals surface area contributed by atoms with Crippen molar-refractivity contribution in [2.75, 3.05) is 37.9 Å². The molecule has 0 unspecified atom stereocenters. The van der Waals surface area contributed by atoms with Crippen LogP contribution in [0, 0.1) is 0 Å². The van der Waals surface area contributed by atoms with Crippen molar-refractivity contribution in [3.8, 4) is 5.75 Å². The van der Waals surface area contributed by atoms with Crippen LogP contribution in [0.25, 0.3) is 0 Å². The second-order valence-electron chi connectivity index (χ2n) is 7.29. The Labute approximate surface area is 182 Å². The number of carbonyl (C=O) groups is 2. The molecular weight excluding hydrogens is 390 g/mol. The number of anilines is 2. The zero-order valence-corrected chi connectivity index (χ0v) is 17.8. The first-order chi connectivity index (χ1) is 15.0. The quantitative estimate of drug-likeness (QED) is 0.551. The van der Waals surface area contributed by atoms with Crippen LogP contribution < -0.4 is 15.4 Å². The Hall–Kier alpha value is -3.80. The van der Waals surface area contributed by atoms with Crippen LogP contribution in [0.5, 0.6) is 5.75 Å². The van der Waals surface area contributed by atoms with Crippen molar-refractivity contribution < 1.29 is 14.3 Å². The van der Waals surface area contributed by atoms with Crippen LogP contribution in [0.1, 0.15) is 15.9 Å². The lowest BCUT2D eigenvalue weighted by molar-refractivity contribution is -0.114. The second kappa shape index (κ2) is 10.8. The highest BCUT2D eigenvalue weighted by atomic mass is 16.5. The summed E-state index contributed by atoms with van der Waals surface area (Å²) in [7, 11) is 3.40. The van der Waals surface area contributed by atoms with Gasteiger partial charge in [-0.2, -0.15) is 0 Å². The summed E-state index contributed by atoms with van der Waals surface area (Å²) in [4.78, 5) is 25.6. The first-order valence-corrected chi connectivity index (χ1v) is 10.1. The standard InChI is InChI=1S/C25H27N3O3/c1-28(2)25(30)20-8-10-22(11-9-20)27-24(29)18-26-21-12-14-23(15-13-21)31-17-16-19-6-4-3-5-7-19/h3-15,26H,16-18H2,1-2H3,(H,27,29). The Morgan fingerprint density at radius 1 is 0.839 bits per heavy atom. The third kappa shape index (κ3) is 6.89. The van der Waals surface area contributed by atoms with Gasteiger partial charge in [-0.15, -0.1) is 0 Å². The number of ether oxygens (including phenoxy) is 1. The predicted octanol–water partition coefficient (Wildman–Crippen LogP) is 4.06. The maximum absolute atomic E-state index is 12.2. The van der Waals surface area contributed by atoms with Crippen molar-refractivity contribution >= 4 is 23.2 Å². The van der Waals surface area contributed by atoms with Crippen LogP contribution in [0.4, 0.5) is 11.4 Å². The Morgan fingerprint density at radius 3 is 2.13 bits per heavy atom. The number of hydrogen-bond donors (Lipinski definition) is 2. The topological polar surface area (TPSA) is 70.7 Å². The van der Waals surface area contributed by atoms with E-state index in [-0.39, 0.29) is 18.4 Å². The molecule has 0 atom stereocenters. The third-order valence-corrected chi connectivity index (χ3v) is 4.63. The molecule has 2 amide bonds. The molecule has 6 heteroatoms. The highest BCUT2D eigenvalue weighted by molar-refractivity contribution is 5.96. The molecule has 0 saturated carbocycles. The predicted molar refractivity (Wildman–Crippen MR) is 124 cm³/mol. The van der Waals surface area contributed by atoms with Crippen LogP contribution in [-0.2, 0) is 11.2 Å². The van der Waals surface area contributed by atoms with E-state index in [1.165, 1.54) is 10.5 Å². The second-order valence-corrected chi connectivity index (χ2v) is 7.29. The Morgan fingerprint density at radius 2 is 1.48 bits per heavy atom. The Kier molecular flexibility index (Phi) is 7.65. The Bertz CT molecular complexity index is 985. The lowest BCUT2D eigenvalue weighted by Crippen LogP contribution is -2.22. The smallest absolute Gasteiger partial charge is 0.253 e. The largest absolute Gasteiger partial charge is 0.493 e. The Balaban J connectivity index is 1.41. The van der Waals surface area contributed by atoms with Crippen molar-refractivity contribution in [3.63, 3.8) is 0 Å².